The SMILES string of the molecule is COc1ccc([C@]2(C#Cc3ccncc3)CCC[C@H](CO)C2)cc1OC1CCCC1. The molecule has 1 aromatic carbocycles. The quantitative estimate of drug-likeness (QED) is 0.720. The number of aromatic nitrogens is 1. The first-order chi connectivity index (χ1) is 14.7. The Labute approximate surface area is 179 Å². The Balaban J connectivity index is 1.72. The summed E-state index contributed by atoms with van der Waals surface area (Å²) >= 11 is 0. The number of nitrogens with zero attached hydrogens (tertiary/aromatic N) is 1. The van der Waals surface area contributed by atoms with Gasteiger partial charge in [-0.3, -0.25) is 4.98 Å². The summed E-state index contributed by atoms with van der Waals surface area (Å²) in [6.45, 7) is 0.209. The Morgan fingerprint density at radius 1 is 1.07 bits per heavy atom. The third kappa shape index (κ3) is 4.63. The summed E-state index contributed by atoms with van der Waals surface area (Å²) in [5.74, 6) is 8.84. The molecule has 1 N–H and O–H groups in total. The molecule has 2 aromatic rings. The molecule has 2 saturated carbocycles. The zero-order chi connectivity index (χ0) is 20.8. The monoisotopic (exact) mass is 405 g/mol. The van der Waals surface area contributed by atoms with E-state index in [-0.39, 0.29) is 24.0 Å². The first-order valence-corrected chi connectivity index (χ1v) is 11.1. The van der Waals surface area contributed by atoms with E-state index in [0.29, 0.717) is 0 Å². The number of hydrogen-bond donors (Lipinski definition) is 1. The fourth-order valence-electron chi connectivity index (χ4n) is 4.87. The maximum Gasteiger partial charge on any atom is 0.161 e. The second kappa shape index (κ2) is 9.53. The van der Waals surface area contributed by atoms with E-state index in [0.717, 1.165) is 61.2 Å². The number of rotatable bonds is 5. The summed E-state index contributed by atoms with van der Waals surface area (Å²) in [6.07, 6.45) is 12.4. The Bertz CT molecular complexity index is 895. The number of pyridine rings is 1. The molecule has 1 aromatic heterocycles. The van der Waals surface area contributed by atoms with E-state index in [4.69, 9.17) is 9.47 Å². The van der Waals surface area contributed by atoms with Crippen LogP contribution in [0.15, 0.2) is 42.7 Å². The molecule has 158 valence electrons. The topological polar surface area (TPSA) is 51.6 Å². The Kier molecular flexibility index (Phi) is 6.59. The molecule has 0 amide bonds. The van der Waals surface area contributed by atoms with E-state index in [1.807, 2.05) is 18.2 Å². The minimum atomic E-state index is -0.297. The highest BCUT2D eigenvalue weighted by atomic mass is 16.5. The van der Waals surface area contributed by atoms with Crippen molar-refractivity contribution in [3.63, 3.8) is 0 Å². The fraction of sp³-hybridized carbons (Fsp3) is 0.500. The van der Waals surface area contributed by atoms with Crippen LogP contribution in [0.2, 0.25) is 0 Å². The van der Waals surface area contributed by atoms with Crippen LogP contribution in [0.4, 0.5) is 0 Å². The third-order valence-electron chi connectivity index (χ3n) is 6.55. The van der Waals surface area contributed by atoms with Crippen molar-refractivity contribution >= 4 is 0 Å². The second-order valence-electron chi connectivity index (χ2n) is 8.60. The molecule has 0 bridgehead atoms. The molecule has 0 radical (unpaired) electrons. The highest BCUT2D eigenvalue weighted by molar-refractivity contribution is 5.49. The Morgan fingerprint density at radius 3 is 2.60 bits per heavy atom. The first kappa shape index (κ1) is 20.8. The number of ether oxygens (including phenoxy) is 2. The molecule has 4 rings (SSSR count). The van der Waals surface area contributed by atoms with Crippen LogP contribution in [0.3, 0.4) is 0 Å². The molecule has 1 heterocycles. The van der Waals surface area contributed by atoms with Gasteiger partial charge in [0.1, 0.15) is 0 Å². The van der Waals surface area contributed by atoms with Crippen molar-refractivity contribution in [2.75, 3.05) is 13.7 Å². The summed E-state index contributed by atoms with van der Waals surface area (Å²) < 4.78 is 12.0. The van der Waals surface area contributed by atoms with Crippen molar-refractivity contribution in [1.82, 2.24) is 4.98 Å². The Hall–Kier alpha value is -2.51. The fourth-order valence-corrected chi connectivity index (χ4v) is 4.87. The Morgan fingerprint density at radius 2 is 1.87 bits per heavy atom. The van der Waals surface area contributed by atoms with E-state index in [1.54, 1.807) is 19.5 Å². The molecule has 30 heavy (non-hydrogen) atoms. The predicted octanol–water partition coefficient (Wildman–Crippen LogP) is 4.88. The van der Waals surface area contributed by atoms with Crippen molar-refractivity contribution in [3.05, 3.63) is 53.9 Å². The molecular weight excluding hydrogens is 374 g/mol. The van der Waals surface area contributed by atoms with Crippen LogP contribution in [-0.2, 0) is 5.41 Å². The summed E-state index contributed by atoms with van der Waals surface area (Å²) in [7, 11) is 1.69. The molecule has 0 aliphatic heterocycles. The predicted molar refractivity (Wildman–Crippen MR) is 118 cm³/mol. The number of aliphatic hydroxyl groups excluding tert-OH is 1. The van der Waals surface area contributed by atoms with Gasteiger partial charge in [0, 0.05) is 24.6 Å². The van der Waals surface area contributed by atoms with E-state index < -0.39 is 0 Å². The lowest BCUT2D eigenvalue weighted by Gasteiger charge is -2.37. The van der Waals surface area contributed by atoms with Gasteiger partial charge in [0.25, 0.3) is 0 Å². The van der Waals surface area contributed by atoms with Gasteiger partial charge in [0.15, 0.2) is 11.5 Å². The average molecular weight is 406 g/mol. The normalized spacial score (nSPS) is 24.1. The summed E-state index contributed by atoms with van der Waals surface area (Å²) in [5, 5.41) is 9.88. The van der Waals surface area contributed by atoms with Crippen molar-refractivity contribution in [1.29, 1.82) is 0 Å². The largest absolute Gasteiger partial charge is 0.493 e. The molecule has 2 atom stereocenters. The van der Waals surface area contributed by atoms with E-state index >= 15 is 0 Å². The standard InChI is InChI=1S/C26H31NO3/c1-29-24-9-8-22(17-25(24)30-23-6-2-3-7-23)26(13-4-5-21(18-26)19-28)14-10-20-11-15-27-16-12-20/h8-9,11-12,15-17,21,23,28H,2-7,13,18-19H2,1H3/t21-,26-/m0/s1. The summed E-state index contributed by atoms with van der Waals surface area (Å²) in [4.78, 5) is 4.09. The van der Waals surface area contributed by atoms with Gasteiger partial charge in [-0.25, -0.2) is 0 Å². The molecule has 0 saturated heterocycles. The van der Waals surface area contributed by atoms with Gasteiger partial charge < -0.3 is 14.6 Å². The number of hydrogen-bond acceptors (Lipinski definition) is 4. The van der Waals surface area contributed by atoms with Crippen LogP contribution >= 0.6 is 0 Å². The van der Waals surface area contributed by atoms with E-state index in [1.165, 1.54) is 12.8 Å². The van der Waals surface area contributed by atoms with Crippen LogP contribution in [-0.4, -0.2) is 29.9 Å². The van der Waals surface area contributed by atoms with Gasteiger partial charge in [-0.05, 0) is 80.7 Å². The minimum Gasteiger partial charge on any atom is -0.493 e. The number of aliphatic hydroxyl groups is 1. The molecule has 2 fully saturated rings. The number of benzene rings is 1. The maximum atomic E-state index is 9.88. The van der Waals surface area contributed by atoms with Gasteiger partial charge in [0.05, 0.1) is 18.6 Å². The van der Waals surface area contributed by atoms with Gasteiger partial charge >= 0.3 is 0 Å². The highest BCUT2D eigenvalue weighted by Crippen LogP contribution is 2.44. The van der Waals surface area contributed by atoms with E-state index in [9.17, 15) is 5.11 Å². The minimum absolute atomic E-state index is 0.209. The van der Waals surface area contributed by atoms with Crippen molar-refractivity contribution < 1.29 is 14.6 Å². The van der Waals surface area contributed by atoms with Crippen LogP contribution < -0.4 is 9.47 Å². The molecule has 2 aliphatic carbocycles. The van der Waals surface area contributed by atoms with Crippen molar-refractivity contribution in [3.8, 4) is 23.3 Å². The van der Waals surface area contributed by atoms with Crippen LogP contribution in [0.1, 0.15) is 62.5 Å². The van der Waals surface area contributed by atoms with Gasteiger partial charge in [-0.2, -0.15) is 0 Å². The highest BCUT2D eigenvalue weighted by Gasteiger charge is 2.37. The molecule has 4 nitrogen and oxygen atoms in total. The smallest absolute Gasteiger partial charge is 0.161 e. The summed E-state index contributed by atoms with van der Waals surface area (Å²) in [5.41, 5.74) is 1.83. The average Bonchev–Trinajstić information content (AvgIpc) is 3.31. The van der Waals surface area contributed by atoms with Crippen LogP contribution in [0, 0.1) is 17.8 Å². The molecule has 4 heteroatoms. The van der Waals surface area contributed by atoms with Crippen molar-refractivity contribution in [2.24, 2.45) is 5.92 Å². The lowest BCUT2D eigenvalue weighted by atomic mass is 9.66. The maximum absolute atomic E-state index is 9.88. The zero-order valence-electron chi connectivity index (χ0n) is 17.8. The lowest BCUT2D eigenvalue weighted by Crippen LogP contribution is -2.33. The van der Waals surface area contributed by atoms with Gasteiger partial charge in [0.2, 0.25) is 0 Å². The zero-order valence-corrected chi connectivity index (χ0v) is 17.8. The lowest BCUT2D eigenvalue weighted by molar-refractivity contribution is 0.162. The van der Waals surface area contributed by atoms with Crippen LogP contribution in [0.5, 0.6) is 11.5 Å². The molecule has 0 spiro atoms. The second-order valence-corrected chi connectivity index (χ2v) is 8.60. The third-order valence-corrected chi connectivity index (χ3v) is 6.55. The summed E-state index contributed by atoms with van der Waals surface area (Å²) in [6, 6.07) is 10.2. The van der Waals surface area contributed by atoms with Gasteiger partial charge in [-0.15, -0.1) is 0 Å². The molecule has 2 aliphatic rings. The van der Waals surface area contributed by atoms with Gasteiger partial charge in [-0.1, -0.05) is 24.3 Å². The number of methoxy groups -OCH3 is 1. The molecule has 0 unspecified atom stereocenters. The van der Waals surface area contributed by atoms with E-state index in [2.05, 4.69) is 29.0 Å². The molecular formula is C26H31NO3. The van der Waals surface area contributed by atoms with Crippen LogP contribution in [0.25, 0.3) is 0 Å². The van der Waals surface area contributed by atoms with Crippen molar-refractivity contribution in [2.45, 2.75) is 62.9 Å². The first-order valence-electron chi connectivity index (χ1n) is 11.1.